The van der Waals surface area contributed by atoms with Gasteiger partial charge in [0.15, 0.2) is 11.5 Å². The molecule has 0 heterocycles. The lowest BCUT2D eigenvalue weighted by Crippen LogP contribution is -2.24. The minimum atomic E-state index is -0.523. The molecular weight excluding hydrogens is 450 g/mol. The van der Waals surface area contributed by atoms with Crippen molar-refractivity contribution < 1.29 is 19.1 Å². The number of nitrogens with zero attached hydrogens (tertiary/aromatic N) is 1. The van der Waals surface area contributed by atoms with Crippen LogP contribution in [0.2, 0.25) is 0 Å². The van der Waals surface area contributed by atoms with Gasteiger partial charge in [-0.05, 0) is 59.1 Å². The summed E-state index contributed by atoms with van der Waals surface area (Å²) in [5.74, 6) is 0.113. The number of hydrazone groups is 1. The van der Waals surface area contributed by atoms with Crippen LogP contribution in [0, 0.1) is 13.8 Å². The number of amides is 2. The van der Waals surface area contributed by atoms with E-state index in [0.717, 1.165) is 11.1 Å². The van der Waals surface area contributed by atoms with Crippen molar-refractivity contribution in [2.75, 3.05) is 19.0 Å². The maximum atomic E-state index is 12.1. The number of aryl methyl sites for hydroxylation is 2. The van der Waals surface area contributed by atoms with Crippen molar-refractivity contribution >= 4 is 39.6 Å². The second kappa shape index (κ2) is 11.2. The molecule has 2 aromatic carbocycles. The fraction of sp³-hybridized carbons (Fsp3) is 0.227. The zero-order chi connectivity index (χ0) is 22.1. The third-order valence-corrected chi connectivity index (χ3v) is 4.57. The van der Waals surface area contributed by atoms with Gasteiger partial charge in [-0.25, -0.2) is 5.43 Å². The van der Waals surface area contributed by atoms with E-state index in [9.17, 15) is 9.59 Å². The summed E-state index contributed by atoms with van der Waals surface area (Å²) in [5.41, 5.74) is 5.73. The number of halogens is 1. The van der Waals surface area contributed by atoms with Crippen molar-refractivity contribution in [2.24, 2.45) is 5.10 Å². The van der Waals surface area contributed by atoms with E-state index in [4.69, 9.17) is 9.47 Å². The molecule has 0 aliphatic carbocycles. The minimum Gasteiger partial charge on any atom is -0.493 e. The number of carbonyl (C=O) groups excluding carboxylic acids is 2. The van der Waals surface area contributed by atoms with Crippen LogP contribution in [0.25, 0.3) is 0 Å². The minimum absolute atomic E-state index is 0.336. The molecule has 7 nitrogen and oxygen atoms in total. The first-order valence-corrected chi connectivity index (χ1v) is 9.93. The lowest BCUT2D eigenvalue weighted by Gasteiger charge is -2.12. The Morgan fingerprint density at radius 2 is 1.97 bits per heavy atom. The van der Waals surface area contributed by atoms with Crippen molar-refractivity contribution in [3.8, 4) is 11.5 Å². The SMILES string of the molecule is C=CCOc1c(Br)cc(C=NNC(=O)CC(=O)Nc2ccc(C)cc2C)cc1OC. The molecule has 30 heavy (non-hydrogen) atoms. The molecule has 0 atom stereocenters. The molecule has 0 aliphatic rings. The number of rotatable bonds is 9. The average molecular weight is 474 g/mol. The summed E-state index contributed by atoms with van der Waals surface area (Å²) < 4.78 is 11.6. The third-order valence-electron chi connectivity index (χ3n) is 3.98. The zero-order valence-corrected chi connectivity index (χ0v) is 18.7. The van der Waals surface area contributed by atoms with Gasteiger partial charge in [-0.1, -0.05) is 30.4 Å². The Balaban J connectivity index is 1.94. The van der Waals surface area contributed by atoms with E-state index in [1.54, 1.807) is 18.2 Å². The number of nitrogens with one attached hydrogen (secondary N) is 2. The highest BCUT2D eigenvalue weighted by Crippen LogP contribution is 2.36. The fourth-order valence-electron chi connectivity index (χ4n) is 2.61. The maximum absolute atomic E-state index is 12.1. The molecule has 0 bridgehead atoms. The lowest BCUT2D eigenvalue weighted by atomic mass is 10.1. The molecular formula is C22H24BrN3O4. The Kier molecular flexibility index (Phi) is 8.61. The smallest absolute Gasteiger partial charge is 0.249 e. The van der Waals surface area contributed by atoms with Crippen LogP contribution in [0.15, 0.2) is 52.6 Å². The van der Waals surface area contributed by atoms with Gasteiger partial charge in [0.2, 0.25) is 11.8 Å². The largest absolute Gasteiger partial charge is 0.493 e. The number of anilines is 1. The molecule has 0 aliphatic heterocycles. The highest BCUT2D eigenvalue weighted by molar-refractivity contribution is 9.10. The van der Waals surface area contributed by atoms with Crippen LogP contribution in [0.5, 0.6) is 11.5 Å². The molecule has 8 heteroatoms. The Bertz CT molecular complexity index is 973. The Morgan fingerprint density at radius 1 is 1.20 bits per heavy atom. The van der Waals surface area contributed by atoms with Crippen LogP contribution < -0.4 is 20.2 Å². The summed E-state index contributed by atoms with van der Waals surface area (Å²) in [6, 6.07) is 9.15. The van der Waals surface area contributed by atoms with Gasteiger partial charge in [-0.2, -0.15) is 5.10 Å². The highest BCUT2D eigenvalue weighted by Gasteiger charge is 2.12. The van der Waals surface area contributed by atoms with Crippen LogP contribution in [-0.2, 0) is 9.59 Å². The van der Waals surface area contributed by atoms with Gasteiger partial charge in [-0.15, -0.1) is 0 Å². The predicted molar refractivity (Wildman–Crippen MR) is 121 cm³/mol. The molecule has 0 unspecified atom stereocenters. The van der Waals surface area contributed by atoms with Gasteiger partial charge in [0.25, 0.3) is 0 Å². The van der Waals surface area contributed by atoms with E-state index in [0.29, 0.717) is 33.8 Å². The molecule has 2 aromatic rings. The van der Waals surface area contributed by atoms with Crippen LogP contribution in [-0.4, -0.2) is 31.7 Å². The molecule has 158 valence electrons. The third kappa shape index (κ3) is 6.73. The van der Waals surface area contributed by atoms with Crippen molar-refractivity contribution in [2.45, 2.75) is 20.3 Å². The Hall–Kier alpha value is -3.13. The normalized spacial score (nSPS) is 10.5. The van der Waals surface area contributed by atoms with Gasteiger partial charge < -0.3 is 14.8 Å². The lowest BCUT2D eigenvalue weighted by molar-refractivity contribution is -0.126. The Labute approximate surface area is 184 Å². The van der Waals surface area contributed by atoms with Gasteiger partial charge in [-0.3, -0.25) is 9.59 Å². The monoisotopic (exact) mass is 473 g/mol. The summed E-state index contributed by atoms with van der Waals surface area (Å²) >= 11 is 3.42. The van der Waals surface area contributed by atoms with E-state index in [-0.39, 0.29) is 6.42 Å². The standard InChI is InChI=1S/C22H24BrN3O4/c1-5-8-30-22-17(23)10-16(11-19(22)29-4)13-24-26-21(28)12-20(27)25-18-7-6-14(2)9-15(18)3/h5-7,9-11,13H,1,8,12H2,2-4H3,(H,25,27)(H,26,28). The molecule has 0 saturated heterocycles. The molecule has 0 spiro atoms. The molecule has 0 aromatic heterocycles. The van der Waals surface area contributed by atoms with E-state index in [2.05, 4.69) is 38.4 Å². The first-order chi connectivity index (χ1) is 14.3. The summed E-state index contributed by atoms with van der Waals surface area (Å²) in [6.07, 6.45) is 2.74. The number of benzene rings is 2. The second-order valence-electron chi connectivity index (χ2n) is 6.47. The molecule has 2 rings (SSSR count). The first-order valence-electron chi connectivity index (χ1n) is 9.14. The first kappa shape index (κ1) is 23.2. The van der Waals surface area contributed by atoms with Crippen LogP contribution in [0.1, 0.15) is 23.1 Å². The van der Waals surface area contributed by atoms with Gasteiger partial charge in [0, 0.05) is 5.69 Å². The van der Waals surface area contributed by atoms with Crippen molar-refractivity contribution in [3.63, 3.8) is 0 Å². The number of ether oxygens (including phenoxy) is 2. The van der Waals surface area contributed by atoms with E-state index in [1.165, 1.54) is 13.3 Å². The fourth-order valence-corrected chi connectivity index (χ4v) is 3.18. The van der Waals surface area contributed by atoms with Crippen LogP contribution >= 0.6 is 15.9 Å². The molecule has 2 amide bonds. The summed E-state index contributed by atoms with van der Waals surface area (Å²) in [5, 5.41) is 6.63. The molecule has 0 radical (unpaired) electrons. The predicted octanol–water partition coefficient (Wildman–Crippen LogP) is 4.12. The maximum Gasteiger partial charge on any atom is 0.249 e. The average Bonchev–Trinajstić information content (AvgIpc) is 2.69. The molecule has 0 fully saturated rings. The number of carbonyl (C=O) groups is 2. The summed E-state index contributed by atoms with van der Waals surface area (Å²) in [7, 11) is 1.53. The Morgan fingerprint density at radius 3 is 2.63 bits per heavy atom. The van der Waals surface area contributed by atoms with E-state index >= 15 is 0 Å². The van der Waals surface area contributed by atoms with Crippen molar-refractivity contribution in [1.29, 1.82) is 0 Å². The number of hydrogen-bond donors (Lipinski definition) is 2. The quantitative estimate of drug-likeness (QED) is 0.248. The summed E-state index contributed by atoms with van der Waals surface area (Å²) in [4.78, 5) is 24.1. The molecule has 2 N–H and O–H groups in total. The van der Waals surface area contributed by atoms with E-state index < -0.39 is 11.8 Å². The zero-order valence-electron chi connectivity index (χ0n) is 17.1. The van der Waals surface area contributed by atoms with E-state index in [1.807, 2.05) is 32.0 Å². The van der Waals surface area contributed by atoms with Gasteiger partial charge in [0.1, 0.15) is 13.0 Å². The van der Waals surface area contributed by atoms with Gasteiger partial charge in [0.05, 0.1) is 17.8 Å². The second-order valence-corrected chi connectivity index (χ2v) is 7.32. The molecule has 0 saturated carbocycles. The highest BCUT2D eigenvalue weighted by atomic mass is 79.9. The number of methoxy groups -OCH3 is 1. The van der Waals surface area contributed by atoms with Crippen LogP contribution in [0.4, 0.5) is 5.69 Å². The number of hydrogen-bond acceptors (Lipinski definition) is 5. The summed E-state index contributed by atoms with van der Waals surface area (Å²) in [6.45, 7) is 7.82. The topological polar surface area (TPSA) is 89.0 Å². The van der Waals surface area contributed by atoms with Crippen molar-refractivity contribution in [3.05, 3.63) is 64.1 Å². The van der Waals surface area contributed by atoms with Crippen LogP contribution in [0.3, 0.4) is 0 Å². The van der Waals surface area contributed by atoms with Crippen molar-refractivity contribution in [1.82, 2.24) is 5.43 Å². The van der Waals surface area contributed by atoms with Gasteiger partial charge >= 0.3 is 0 Å².